The molecule has 1 aromatic carbocycles. The molecule has 0 fully saturated rings. The van der Waals surface area contributed by atoms with E-state index < -0.39 is 10.2 Å². The average Bonchev–Trinajstić information content (AvgIpc) is 2.20. The van der Waals surface area contributed by atoms with Gasteiger partial charge in [0.05, 0.1) is 17.6 Å². The summed E-state index contributed by atoms with van der Waals surface area (Å²) in [5.74, 6) is 0.281. The highest BCUT2D eigenvalue weighted by Gasteiger charge is 2.22. The summed E-state index contributed by atoms with van der Waals surface area (Å²) in [5.41, 5.74) is 0.880. The van der Waals surface area contributed by atoms with Crippen molar-refractivity contribution >= 4 is 22.5 Å². The second kappa shape index (κ2) is 4.49. The van der Waals surface area contributed by atoms with Crippen molar-refractivity contribution in [3.8, 4) is 5.75 Å². The van der Waals surface area contributed by atoms with Crippen LogP contribution in [0.15, 0.2) is 6.07 Å². The molecule has 0 heterocycles. The molecule has 0 spiro atoms. The maximum absolute atomic E-state index is 11.1. The van der Waals surface area contributed by atoms with Crippen molar-refractivity contribution in [1.29, 1.82) is 0 Å². The number of hydrogen-bond acceptors (Lipinski definition) is 4. The molecular weight excluding hydrogens is 234 g/mol. The molecule has 5 nitrogen and oxygen atoms in total. The van der Waals surface area contributed by atoms with E-state index >= 15 is 0 Å². The molecule has 0 aliphatic heterocycles. The van der Waals surface area contributed by atoms with Crippen LogP contribution in [0.1, 0.15) is 21.5 Å². The van der Waals surface area contributed by atoms with E-state index in [9.17, 15) is 14.9 Å². The summed E-state index contributed by atoms with van der Waals surface area (Å²) in [7, 11) is 1.39. The summed E-state index contributed by atoms with van der Waals surface area (Å²) in [6.07, 6.45) is 0. The Hall–Kier alpha value is -1.62. The monoisotopic (exact) mass is 243 g/mol. The van der Waals surface area contributed by atoms with Crippen LogP contribution < -0.4 is 4.74 Å². The summed E-state index contributed by atoms with van der Waals surface area (Å²) < 4.78 is 5.03. The second-order valence-corrected chi connectivity index (χ2v) is 3.60. The van der Waals surface area contributed by atoms with E-state index in [-0.39, 0.29) is 17.0 Å². The van der Waals surface area contributed by atoms with Gasteiger partial charge in [-0.25, -0.2) is 0 Å². The number of benzene rings is 1. The van der Waals surface area contributed by atoms with E-state index in [2.05, 4.69) is 0 Å². The van der Waals surface area contributed by atoms with Crippen LogP contribution in [0.2, 0.25) is 0 Å². The summed E-state index contributed by atoms with van der Waals surface area (Å²) in [6.45, 7) is 3.24. The predicted molar refractivity (Wildman–Crippen MR) is 59.3 cm³/mol. The molecule has 1 rings (SSSR count). The molecule has 0 amide bonds. The number of rotatable bonds is 3. The zero-order valence-corrected chi connectivity index (χ0v) is 9.79. The first-order valence-electron chi connectivity index (χ1n) is 4.42. The summed E-state index contributed by atoms with van der Waals surface area (Å²) in [6, 6.07) is 1.14. The molecule has 0 N–H and O–H groups in total. The minimum absolute atomic E-state index is 0.0129. The van der Waals surface area contributed by atoms with E-state index in [1.165, 1.54) is 7.11 Å². The standard InChI is InChI=1S/C10H10ClNO4/c1-5-6(2)9(16-3)7(10(11)13)4-8(5)12(14)15/h4H,1-3H3. The minimum atomic E-state index is -0.775. The van der Waals surface area contributed by atoms with Gasteiger partial charge in [0.2, 0.25) is 0 Å². The number of carbonyl (C=O) groups excluding carboxylic acids is 1. The highest BCUT2D eigenvalue weighted by molar-refractivity contribution is 6.68. The largest absolute Gasteiger partial charge is 0.496 e. The van der Waals surface area contributed by atoms with Gasteiger partial charge < -0.3 is 4.74 Å². The molecule has 86 valence electrons. The Labute approximate surface area is 97.1 Å². The fraction of sp³-hybridized carbons (Fsp3) is 0.300. The van der Waals surface area contributed by atoms with Crippen LogP contribution in [0.3, 0.4) is 0 Å². The van der Waals surface area contributed by atoms with Crippen molar-refractivity contribution < 1.29 is 14.5 Å². The smallest absolute Gasteiger partial charge is 0.273 e. The number of halogens is 1. The first-order valence-corrected chi connectivity index (χ1v) is 4.80. The third-order valence-corrected chi connectivity index (χ3v) is 2.63. The molecule has 0 aliphatic carbocycles. The lowest BCUT2D eigenvalue weighted by atomic mass is 10.0. The van der Waals surface area contributed by atoms with Gasteiger partial charge in [0.25, 0.3) is 10.9 Å². The molecule has 0 aromatic heterocycles. The number of nitro groups is 1. The maximum atomic E-state index is 11.1. The van der Waals surface area contributed by atoms with E-state index in [1.54, 1.807) is 13.8 Å². The quantitative estimate of drug-likeness (QED) is 0.465. The van der Waals surface area contributed by atoms with Gasteiger partial charge in [-0.1, -0.05) is 0 Å². The number of ether oxygens (including phenoxy) is 1. The van der Waals surface area contributed by atoms with Crippen molar-refractivity contribution in [3.05, 3.63) is 32.9 Å². The van der Waals surface area contributed by atoms with Crippen LogP contribution in [0.5, 0.6) is 5.75 Å². The van der Waals surface area contributed by atoms with Gasteiger partial charge in [-0.2, -0.15) is 0 Å². The van der Waals surface area contributed by atoms with Crippen molar-refractivity contribution in [2.24, 2.45) is 0 Å². The highest BCUT2D eigenvalue weighted by atomic mass is 35.5. The molecule has 0 bridgehead atoms. The Morgan fingerprint density at radius 2 is 2.00 bits per heavy atom. The molecule has 1 aromatic rings. The Kier molecular flexibility index (Phi) is 3.49. The van der Waals surface area contributed by atoms with Crippen molar-refractivity contribution in [3.63, 3.8) is 0 Å². The van der Waals surface area contributed by atoms with E-state index in [4.69, 9.17) is 16.3 Å². The molecule has 6 heteroatoms. The molecule has 0 saturated heterocycles. The van der Waals surface area contributed by atoms with Gasteiger partial charge in [-0.3, -0.25) is 14.9 Å². The minimum Gasteiger partial charge on any atom is -0.496 e. The molecular formula is C10H10ClNO4. The topological polar surface area (TPSA) is 69.4 Å². The van der Waals surface area contributed by atoms with Crippen LogP contribution in [0.25, 0.3) is 0 Å². The van der Waals surface area contributed by atoms with Gasteiger partial charge in [0.15, 0.2) is 0 Å². The summed E-state index contributed by atoms with van der Waals surface area (Å²) in [5, 5.41) is 9.98. The zero-order chi connectivity index (χ0) is 12.5. The SMILES string of the molecule is COc1c(C(=O)Cl)cc([N+](=O)[O-])c(C)c1C. The number of methoxy groups -OCH3 is 1. The van der Waals surface area contributed by atoms with Gasteiger partial charge in [-0.05, 0) is 25.4 Å². The summed E-state index contributed by atoms with van der Waals surface area (Å²) >= 11 is 5.35. The molecule has 0 radical (unpaired) electrons. The summed E-state index contributed by atoms with van der Waals surface area (Å²) in [4.78, 5) is 21.3. The number of carbonyl (C=O) groups is 1. The number of nitrogens with zero attached hydrogens (tertiary/aromatic N) is 1. The molecule has 0 saturated carbocycles. The molecule has 0 atom stereocenters. The van der Waals surface area contributed by atoms with E-state index in [0.29, 0.717) is 11.1 Å². The van der Waals surface area contributed by atoms with Gasteiger partial charge in [0, 0.05) is 17.2 Å². The zero-order valence-electron chi connectivity index (χ0n) is 9.04. The third-order valence-electron chi connectivity index (χ3n) is 2.43. The normalized spacial score (nSPS) is 10.0. The lowest BCUT2D eigenvalue weighted by Gasteiger charge is -2.11. The molecule has 0 unspecified atom stereocenters. The van der Waals surface area contributed by atoms with E-state index in [1.807, 2.05) is 0 Å². The average molecular weight is 244 g/mol. The number of hydrogen-bond donors (Lipinski definition) is 0. The predicted octanol–water partition coefficient (Wildman–Crippen LogP) is 2.60. The lowest BCUT2D eigenvalue weighted by molar-refractivity contribution is -0.385. The fourth-order valence-electron chi connectivity index (χ4n) is 1.47. The van der Waals surface area contributed by atoms with Crippen LogP contribution >= 0.6 is 11.6 Å². The van der Waals surface area contributed by atoms with Crippen molar-refractivity contribution in [2.75, 3.05) is 7.11 Å². The Morgan fingerprint density at radius 1 is 1.44 bits per heavy atom. The van der Waals surface area contributed by atoms with E-state index in [0.717, 1.165) is 6.07 Å². The van der Waals surface area contributed by atoms with Crippen molar-refractivity contribution in [1.82, 2.24) is 0 Å². The number of nitro benzene ring substituents is 1. The lowest BCUT2D eigenvalue weighted by Crippen LogP contribution is -2.03. The first-order chi connectivity index (χ1) is 7.40. The third kappa shape index (κ3) is 1.99. The molecule has 16 heavy (non-hydrogen) atoms. The second-order valence-electron chi connectivity index (χ2n) is 3.26. The van der Waals surface area contributed by atoms with Crippen molar-refractivity contribution in [2.45, 2.75) is 13.8 Å². The van der Waals surface area contributed by atoms with Crippen LogP contribution in [0.4, 0.5) is 5.69 Å². The van der Waals surface area contributed by atoms with Gasteiger partial charge in [-0.15, -0.1) is 0 Å². The maximum Gasteiger partial charge on any atom is 0.273 e. The Morgan fingerprint density at radius 3 is 2.38 bits per heavy atom. The molecule has 0 aliphatic rings. The highest BCUT2D eigenvalue weighted by Crippen LogP contribution is 2.33. The first kappa shape index (κ1) is 12.4. The fourth-order valence-corrected chi connectivity index (χ4v) is 1.61. The van der Waals surface area contributed by atoms with Gasteiger partial charge >= 0.3 is 0 Å². The Bertz CT molecular complexity index is 470. The van der Waals surface area contributed by atoms with Crippen LogP contribution in [-0.2, 0) is 0 Å². The van der Waals surface area contributed by atoms with Crippen LogP contribution in [-0.4, -0.2) is 17.3 Å². The Balaban J connectivity index is 3.62. The van der Waals surface area contributed by atoms with Gasteiger partial charge in [0.1, 0.15) is 5.75 Å². The van der Waals surface area contributed by atoms with Crippen LogP contribution in [0, 0.1) is 24.0 Å².